The van der Waals surface area contributed by atoms with Crippen molar-refractivity contribution in [1.29, 1.82) is 0 Å². The van der Waals surface area contributed by atoms with Crippen LogP contribution in [-0.2, 0) is 4.74 Å². The van der Waals surface area contributed by atoms with E-state index >= 15 is 0 Å². The number of carbonyl (C=O) groups is 1. The van der Waals surface area contributed by atoms with Crippen molar-refractivity contribution in [3.8, 4) is 5.82 Å². The quantitative estimate of drug-likeness (QED) is 0.664. The number of aromatic nitrogens is 3. The maximum Gasteiger partial charge on any atom is 0.341 e. The molecule has 7 heteroatoms. The first-order valence-corrected chi connectivity index (χ1v) is 6.01. The molecule has 2 aromatic rings. The minimum atomic E-state index is -0.429. The highest BCUT2D eigenvalue weighted by atomic mass is 32.1. The third kappa shape index (κ3) is 2.76. The topological polar surface area (TPSA) is 83.0 Å². The highest BCUT2D eigenvalue weighted by Crippen LogP contribution is 2.12. The SMILES string of the molecule is CCOC(=O)c1cnn(-c2ncccc2C(N)=S)c1. The Balaban J connectivity index is 2.38. The molecule has 0 spiro atoms. The largest absolute Gasteiger partial charge is 0.462 e. The van der Waals surface area contributed by atoms with Crippen molar-refractivity contribution in [3.05, 3.63) is 41.9 Å². The summed E-state index contributed by atoms with van der Waals surface area (Å²) in [6, 6.07) is 3.48. The number of hydrogen-bond donors (Lipinski definition) is 1. The van der Waals surface area contributed by atoms with Crippen molar-refractivity contribution in [3.63, 3.8) is 0 Å². The maximum atomic E-state index is 11.6. The van der Waals surface area contributed by atoms with Crippen molar-refractivity contribution in [2.24, 2.45) is 5.73 Å². The minimum Gasteiger partial charge on any atom is -0.462 e. The first-order chi connectivity index (χ1) is 9.13. The average Bonchev–Trinajstić information content (AvgIpc) is 2.88. The van der Waals surface area contributed by atoms with Crippen LogP contribution in [0.2, 0.25) is 0 Å². The van der Waals surface area contributed by atoms with Gasteiger partial charge >= 0.3 is 5.97 Å². The molecule has 0 unspecified atom stereocenters. The van der Waals surface area contributed by atoms with E-state index in [9.17, 15) is 4.79 Å². The number of esters is 1. The van der Waals surface area contributed by atoms with Gasteiger partial charge < -0.3 is 10.5 Å². The maximum absolute atomic E-state index is 11.6. The van der Waals surface area contributed by atoms with Gasteiger partial charge in [0.05, 0.1) is 23.9 Å². The Morgan fingerprint density at radius 2 is 2.37 bits per heavy atom. The summed E-state index contributed by atoms with van der Waals surface area (Å²) in [5.41, 5.74) is 6.57. The van der Waals surface area contributed by atoms with Crippen molar-refractivity contribution in [2.75, 3.05) is 6.61 Å². The van der Waals surface area contributed by atoms with Crippen LogP contribution >= 0.6 is 12.2 Å². The van der Waals surface area contributed by atoms with Gasteiger partial charge in [0.25, 0.3) is 0 Å². The molecular weight excluding hydrogens is 264 g/mol. The molecule has 6 nitrogen and oxygen atoms in total. The van der Waals surface area contributed by atoms with Gasteiger partial charge in [-0.15, -0.1) is 0 Å². The van der Waals surface area contributed by atoms with Crippen LogP contribution in [0.25, 0.3) is 5.82 Å². The minimum absolute atomic E-state index is 0.219. The first kappa shape index (κ1) is 13.2. The molecule has 0 radical (unpaired) electrons. The predicted octanol–water partition coefficient (Wildman–Crippen LogP) is 1.08. The number of rotatable bonds is 4. The lowest BCUT2D eigenvalue weighted by atomic mass is 10.2. The van der Waals surface area contributed by atoms with Gasteiger partial charge in [-0.05, 0) is 19.1 Å². The first-order valence-electron chi connectivity index (χ1n) is 5.60. The molecule has 0 saturated heterocycles. The van der Waals surface area contributed by atoms with Gasteiger partial charge in [-0.3, -0.25) is 0 Å². The molecule has 0 aliphatic carbocycles. The Labute approximate surface area is 115 Å². The second kappa shape index (κ2) is 5.57. The van der Waals surface area contributed by atoms with Gasteiger partial charge in [0, 0.05) is 12.4 Å². The molecule has 2 rings (SSSR count). The van der Waals surface area contributed by atoms with Crippen LogP contribution in [-0.4, -0.2) is 32.3 Å². The number of carbonyl (C=O) groups excluding carboxylic acids is 1. The van der Waals surface area contributed by atoms with Crippen LogP contribution in [0.5, 0.6) is 0 Å². The molecular formula is C12H12N4O2S. The van der Waals surface area contributed by atoms with Gasteiger partial charge in [-0.2, -0.15) is 5.10 Å². The Hall–Kier alpha value is -2.28. The molecule has 0 aliphatic heterocycles. The van der Waals surface area contributed by atoms with Crippen molar-refractivity contribution in [1.82, 2.24) is 14.8 Å². The van der Waals surface area contributed by atoms with E-state index in [-0.39, 0.29) is 4.99 Å². The summed E-state index contributed by atoms with van der Waals surface area (Å²) < 4.78 is 6.34. The summed E-state index contributed by atoms with van der Waals surface area (Å²) in [6.45, 7) is 2.05. The molecule has 98 valence electrons. The number of thiocarbonyl (C=S) groups is 1. The monoisotopic (exact) mass is 276 g/mol. The fraction of sp³-hybridized carbons (Fsp3) is 0.167. The smallest absolute Gasteiger partial charge is 0.341 e. The Kier molecular flexibility index (Phi) is 3.86. The Bertz CT molecular complexity index is 624. The van der Waals surface area contributed by atoms with E-state index < -0.39 is 5.97 Å². The van der Waals surface area contributed by atoms with E-state index in [0.717, 1.165) is 0 Å². The second-order valence-corrected chi connectivity index (χ2v) is 4.07. The Morgan fingerprint density at radius 1 is 1.58 bits per heavy atom. The second-order valence-electron chi connectivity index (χ2n) is 3.63. The molecule has 0 aliphatic rings. The lowest BCUT2D eigenvalue weighted by Gasteiger charge is -2.05. The van der Waals surface area contributed by atoms with Crippen molar-refractivity contribution in [2.45, 2.75) is 6.92 Å². The third-order valence-corrected chi connectivity index (χ3v) is 2.58. The van der Waals surface area contributed by atoms with Gasteiger partial charge in [-0.1, -0.05) is 12.2 Å². The normalized spacial score (nSPS) is 10.2. The number of nitrogens with two attached hydrogens (primary N) is 1. The summed E-state index contributed by atoms with van der Waals surface area (Å²) in [7, 11) is 0. The van der Waals surface area contributed by atoms with Crippen LogP contribution in [0.15, 0.2) is 30.7 Å². The van der Waals surface area contributed by atoms with Gasteiger partial charge in [0.15, 0.2) is 5.82 Å². The van der Waals surface area contributed by atoms with Crippen LogP contribution in [0.1, 0.15) is 22.8 Å². The summed E-state index contributed by atoms with van der Waals surface area (Å²) in [4.78, 5) is 16.0. The van der Waals surface area contributed by atoms with Gasteiger partial charge in [0.2, 0.25) is 0 Å². The zero-order chi connectivity index (χ0) is 13.8. The number of pyridine rings is 1. The van der Waals surface area contributed by atoms with Crippen LogP contribution in [0.3, 0.4) is 0 Å². The number of ether oxygens (including phenoxy) is 1. The van der Waals surface area contributed by atoms with E-state index in [2.05, 4.69) is 10.1 Å². The molecule has 19 heavy (non-hydrogen) atoms. The summed E-state index contributed by atoms with van der Waals surface area (Å²) in [5, 5.41) is 4.07. The van der Waals surface area contributed by atoms with Gasteiger partial charge in [0.1, 0.15) is 4.99 Å². The van der Waals surface area contributed by atoms with E-state index in [0.29, 0.717) is 23.6 Å². The lowest BCUT2D eigenvalue weighted by molar-refractivity contribution is 0.0526. The molecule has 0 saturated carbocycles. The molecule has 2 N–H and O–H groups in total. The molecule has 0 fully saturated rings. The number of hydrogen-bond acceptors (Lipinski definition) is 5. The Morgan fingerprint density at radius 3 is 3.05 bits per heavy atom. The standard InChI is InChI=1S/C12H12N4O2S/c1-2-18-12(17)8-6-15-16(7-8)11-9(10(13)19)4-3-5-14-11/h3-7H,2H2,1H3,(H2,13,19). The summed E-state index contributed by atoms with van der Waals surface area (Å²) in [5.74, 6) is 0.0482. The molecule has 2 aromatic heterocycles. The summed E-state index contributed by atoms with van der Waals surface area (Å²) >= 11 is 4.95. The van der Waals surface area contributed by atoms with E-state index in [1.165, 1.54) is 17.1 Å². The average molecular weight is 276 g/mol. The van der Waals surface area contributed by atoms with Crippen LogP contribution in [0.4, 0.5) is 0 Å². The summed E-state index contributed by atoms with van der Waals surface area (Å²) in [6.07, 6.45) is 4.54. The fourth-order valence-corrected chi connectivity index (χ4v) is 1.69. The van der Waals surface area contributed by atoms with Crippen molar-refractivity contribution >= 4 is 23.2 Å². The third-order valence-electron chi connectivity index (χ3n) is 2.36. The molecule has 2 heterocycles. The lowest BCUT2D eigenvalue weighted by Crippen LogP contribution is -2.14. The molecule has 0 atom stereocenters. The zero-order valence-electron chi connectivity index (χ0n) is 10.2. The van der Waals surface area contributed by atoms with Gasteiger partial charge in [-0.25, -0.2) is 14.5 Å². The van der Waals surface area contributed by atoms with Crippen molar-refractivity contribution < 1.29 is 9.53 Å². The highest BCUT2D eigenvalue weighted by molar-refractivity contribution is 7.80. The van der Waals surface area contributed by atoms with E-state index in [1.54, 1.807) is 25.3 Å². The number of nitrogens with zero attached hydrogens (tertiary/aromatic N) is 3. The molecule has 0 aromatic carbocycles. The highest BCUT2D eigenvalue weighted by Gasteiger charge is 2.13. The van der Waals surface area contributed by atoms with E-state index in [4.69, 9.17) is 22.7 Å². The molecule has 0 bridgehead atoms. The molecule has 0 amide bonds. The van der Waals surface area contributed by atoms with E-state index in [1.807, 2.05) is 0 Å². The van der Waals surface area contributed by atoms with Crippen LogP contribution < -0.4 is 5.73 Å². The zero-order valence-corrected chi connectivity index (χ0v) is 11.1. The fourth-order valence-electron chi connectivity index (χ4n) is 1.53. The van der Waals surface area contributed by atoms with Crippen LogP contribution in [0, 0.1) is 0 Å². The predicted molar refractivity (Wildman–Crippen MR) is 73.2 cm³/mol.